The Morgan fingerprint density at radius 3 is 2.86 bits per heavy atom. The summed E-state index contributed by atoms with van der Waals surface area (Å²) in [7, 11) is 0. The SMILES string of the molecule is O=C(Cc1cccc(F)c1)NC1CCCN(c2cc(-c3ccc(Cl)cc3)[nH]n2)C1. The fraction of sp³-hybridized carbons (Fsp3) is 0.273. The van der Waals surface area contributed by atoms with E-state index in [0.717, 1.165) is 36.5 Å². The van der Waals surface area contributed by atoms with Crippen LogP contribution in [0.15, 0.2) is 54.6 Å². The van der Waals surface area contributed by atoms with Gasteiger partial charge in [-0.05, 0) is 48.2 Å². The first-order valence-corrected chi connectivity index (χ1v) is 10.0. The molecule has 7 heteroatoms. The van der Waals surface area contributed by atoms with Gasteiger partial charge in [0.25, 0.3) is 0 Å². The molecule has 2 aromatic carbocycles. The highest BCUT2D eigenvalue weighted by atomic mass is 35.5. The summed E-state index contributed by atoms with van der Waals surface area (Å²) in [6, 6.07) is 15.8. The average molecular weight is 413 g/mol. The fourth-order valence-electron chi connectivity index (χ4n) is 3.66. The first-order valence-electron chi connectivity index (χ1n) is 9.67. The number of aromatic nitrogens is 2. The van der Waals surface area contributed by atoms with Gasteiger partial charge in [-0.25, -0.2) is 4.39 Å². The molecule has 2 N–H and O–H groups in total. The van der Waals surface area contributed by atoms with Crippen LogP contribution in [0.25, 0.3) is 11.3 Å². The van der Waals surface area contributed by atoms with Crippen LogP contribution in [-0.2, 0) is 11.2 Å². The molecule has 3 aromatic rings. The summed E-state index contributed by atoms with van der Waals surface area (Å²) in [6.45, 7) is 1.58. The normalized spacial score (nSPS) is 16.6. The summed E-state index contributed by atoms with van der Waals surface area (Å²) in [5, 5.41) is 11.3. The molecule has 1 aliphatic heterocycles. The first-order chi connectivity index (χ1) is 14.1. The van der Waals surface area contributed by atoms with Crippen molar-refractivity contribution in [3.05, 3.63) is 71.0 Å². The molecular formula is C22H22ClFN4O. The Bertz CT molecular complexity index is 988. The number of rotatable bonds is 5. The second kappa shape index (κ2) is 8.66. The zero-order valence-corrected chi connectivity index (χ0v) is 16.6. The molecule has 0 bridgehead atoms. The molecule has 1 aliphatic rings. The van der Waals surface area contributed by atoms with Crippen molar-refractivity contribution in [2.75, 3.05) is 18.0 Å². The monoisotopic (exact) mass is 412 g/mol. The first kappa shape index (κ1) is 19.5. The van der Waals surface area contributed by atoms with Crippen LogP contribution in [0.1, 0.15) is 18.4 Å². The number of hydrogen-bond donors (Lipinski definition) is 2. The van der Waals surface area contributed by atoms with Crippen molar-refractivity contribution in [2.45, 2.75) is 25.3 Å². The lowest BCUT2D eigenvalue weighted by molar-refractivity contribution is -0.121. The molecule has 1 aromatic heterocycles. The maximum atomic E-state index is 13.3. The molecule has 1 amide bonds. The van der Waals surface area contributed by atoms with Crippen molar-refractivity contribution >= 4 is 23.3 Å². The number of nitrogens with zero attached hydrogens (tertiary/aromatic N) is 2. The number of amides is 1. The summed E-state index contributed by atoms with van der Waals surface area (Å²) >= 11 is 5.96. The highest BCUT2D eigenvalue weighted by molar-refractivity contribution is 6.30. The van der Waals surface area contributed by atoms with Crippen molar-refractivity contribution in [3.8, 4) is 11.3 Å². The van der Waals surface area contributed by atoms with Gasteiger partial charge in [-0.15, -0.1) is 0 Å². The predicted molar refractivity (Wildman–Crippen MR) is 113 cm³/mol. The average Bonchev–Trinajstić information content (AvgIpc) is 3.19. The number of carbonyl (C=O) groups excluding carboxylic acids is 1. The molecule has 2 heterocycles. The van der Waals surface area contributed by atoms with Crippen molar-refractivity contribution in [3.63, 3.8) is 0 Å². The van der Waals surface area contributed by atoms with Crippen LogP contribution in [0.5, 0.6) is 0 Å². The second-order valence-electron chi connectivity index (χ2n) is 7.31. The van der Waals surface area contributed by atoms with Crippen molar-refractivity contribution in [1.82, 2.24) is 15.5 Å². The van der Waals surface area contributed by atoms with E-state index in [1.54, 1.807) is 12.1 Å². The van der Waals surface area contributed by atoms with Gasteiger partial charge in [0.2, 0.25) is 5.91 Å². The smallest absolute Gasteiger partial charge is 0.224 e. The number of carbonyl (C=O) groups is 1. The summed E-state index contributed by atoms with van der Waals surface area (Å²) < 4.78 is 13.3. The van der Waals surface area contributed by atoms with Crippen LogP contribution in [0.2, 0.25) is 5.02 Å². The number of piperidine rings is 1. The molecule has 1 saturated heterocycles. The molecule has 5 nitrogen and oxygen atoms in total. The molecule has 1 unspecified atom stereocenters. The van der Waals surface area contributed by atoms with E-state index < -0.39 is 0 Å². The molecule has 1 fully saturated rings. The molecule has 150 valence electrons. The quantitative estimate of drug-likeness (QED) is 0.660. The molecule has 0 saturated carbocycles. The molecule has 4 rings (SSSR count). The molecule has 1 atom stereocenters. The Hall–Kier alpha value is -2.86. The van der Waals surface area contributed by atoms with Crippen molar-refractivity contribution < 1.29 is 9.18 Å². The number of nitrogens with one attached hydrogen (secondary N) is 2. The third kappa shape index (κ3) is 4.95. The molecule has 0 aliphatic carbocycles. The Balaban J connectivity index is 1.37. The van der Waals surface area contributed by atoms with E-state index in [0.29, 0.717) is 17.1 Å². The van der Waals surface area contributed by atoms with Crippen molar-refractivity contribution in [2.24, 2.45) is 0 Å². The zero-order chi connectivity index (χ0) is 20.2. The minimum Gasteiger partial charge on any atom is -0.353 e. The summed E-state index contributed by atoms with van der Waals surface area (Å²) in [5.74, 6) is 0.444. The Morgan fingerprint density at radius 2 is 2.07 bits per heavy atom. The lowest BCUT2D eigenvalue weighted by atomic mass is 10.0. The lowest BCUT2D eigenvalue weighted by Gasteiger charge is -2.33. The highest BCUT2D eigenvalue weighted by Crippen LogP contribution is 2.25. The van der Waals surface area contributed by atoms with Gasteiger partial charge in [0.15, 0.2) is 5.82 Å². The molecule has 0 spiro atoms. The molecule has 0 radical (unpaired) electrons. The summed E-state index contributed by atoms with van der Waals surface area (Å²) in [5.41, 5.74) is 2.62. The van der Waals surface area contributed by atoms with Crippen LogP contribution in [0.4, 0.5) is 10.2 Å². The summed E-state index contributed by atoms with van der Waals surface area (Å²) in [4.78, 5) is 14.5. The van der Waals surface area contributed by atoms with Gasteiger partial charge in [0.1, 0.15) is 5.82 Å². The van der Waals surface area contributed by atoms with Gasteiger partial charge in [-0.1, -0.05) is 35.9 Å². The lowest BCUT2D eigenvalue weighted by Crippen LogP contribution is -2.48. The Labute approximate surface area is 173 Å². The third-order valence-electron chi connectivity index (χ3n) is 5.08. The predicted octanol–water partition coefficient (Wildman–Crippen LogP) is 4.20. The van der Waals surface area contributed by atoms with E-state index in [1.807, 2.05) is 30.3 Å². The van der Waals surface area contributed by atoms with Gasteiger partial charge in [-0.2, -0.15) is 5.10 Å². The largest absolute Gasteiger partial charge is 0.353 e. The number of halogens is 2. The Morgan fingerprint density at radius 1 is 1.24 bits per heavy atom. The molecular weight excluding hydrogens is 391 g/mol. The van der Waals surface area contributed by atoms with Crippen LogP contribution in [-0.4, -0.2) is 35.2 Å². The third-order valence-corrected chi connectivity index (χ3v) is 5.34. The zero-order valence-electron chi connectivity index (χ0n) is 15.9. The standard InChI is InChI=1S/C22H22ClFN4O/c23-17-8-6-16(7-9-17)20-13-21(27-26-20)28-10-2-5-19(14-28)25-22(29)12-15-3-1-4-18(24)11-15/h1,3-4,6-9,11,13,19H,2,5,10,12,14H2,(H,25,29)(H,26,27). The van der Waals surface area contributed by atoms with Gasteiger partial charge < -0.3 is 10.2 Å². The maximum absolute atomic E-state index is 13.3. The van der Waals surface area contributed by atoms with Crippen LogP contribution in [0, 0.1) is 5.82 Å². The highest BCUT2D eigenvalue weighted by Gasteiger charge is 2.23. The van der Waals surface area contributed by atoms with Crippen LogP contribution < -0.4 is 10.2 Å². The van der Waals surface area contributed by atoms with E-state index in [-0.39, 0.29) is 24.2 Å². The van der Waals surface area contributed by atoms with E-state index in [4.69, 9.17) is 11.6 Å². The topological polar surface area (TPSA) is 61.0 Å². The minimum absolute atomic E-state index is 0.0421. The minimum atomic E-state index is -0.325. The van der Waals surface area contributed by atoms with Gasteiger partial charge in [-0.3, -0.25) is 9.89 Å². The number of hydrogen-bond acceptors (Lipinski definition) is 3. The maximum Gasteiger partial charge on any atom is 0.224 e. The van der Waals surface area contributed by atoms with Crippen LogP contribution >= 0.6 is 11.6 Å². The van der Waals surface area contributed by atoms with E-state index in [2.05, 4.69) is 20.4 Å². The van der Waals surface area contributed by atoms with E-state index in [1.165, 1.54) is 12.1 Å². The van der Waals surface area contributed by atoms with Gasteiger partial charge in [0, 0.05) is 30.2 Å². The number of benzene rings is 2. The number of H-pyrrole nitrogens is 1. The van der Waals surface area contributed by atoms with Gasteiger partial charge in [0.05, 0.1) is 12.1 Å². The van der Waals surface area contributed by atoms with Crippen molar-refractivity contribution in [1.29, 1.82) is 0 Å². The number of anilines is 1. The molecule has 29 heavy (non-hydrogen) atoms. The fourth-order valence-corrected chi connectivity index (χ4v) is 3.79. The van der Waals surface area contributed by atoms with E-state index in [9.17, 15) is 9.18 Å². The Kier molecular flexibility index (Phi) is 5.81. The second-order valence-corrected chi connectivity index (χ2v) is 7.74. The number of aromatic amines is 1. The van der Waals surface area contributed by atoms with Crippen LogP contribution in [0.3, 0.4) is 0 Å². The van der Waals surface area contributed by atoms with Gasteiger partial charge >= 0.3 is 0 Å². The van der Waals surface area contributed by atoms with E-state index >= 15 is 0 Å². The summed E-state index contributed by atoms with van der Waals surface area (Å²) in [6.07, 6.45) is 2.06.